The maximum Gasteiger partial charge on any atom is 0.244 e. The normalized spacial score (nSPS) is 16.8. The molecule has 1 aromatic carbocycles. The van der Waals surface area contributed by atoms with Crippen molar-refractivity contribution < 1.29 is 13.2 Å². The molecule has 1 aliphatic rings. The van der Waals surface area contributed by atoms with Crippen molar-refractivity contribution in [2.75, 3.05) is 39.3 Å². The number of nitrogens with one attached hydrogen (secondary N) is 1. The van der Waals surface area contributed by atoms with Gasteiger partial charge >= 0.3 is 0 Å². The molecule has 1 aromatic rings. The molecule has 0 radical (unpaired) electrons. The molecule has 2 rings (SSSR count). The molecule has 1 heterocycles. The van der Waals surface area contributed by atoms with Gasteiger partial charge in [0.2, 0.25) is 15.9 Å². The van der Waals surface area contributed by atoms with Crippen LogP contribution in [0.1, 0.15) is 20.3 Å². The van der Waals surface area contributed by atoms with E-state index in [1.165, 1.54) is 16.4 Å². The van der Waals surface area contributed by atoms with E-state index in [1.54, 1.807) is 6.07 Å². The largest absolute Gasteiger partial charge is 0.355 e. The van der Waals surface area contributed by atoms with E-state index in [0.717, 1.165) is 6.42 Å². The first-order valence-corrected chi connectivity index (χ1v) is 10.8. The number of halogens is 2. The van der Waals surface area contributed by atoms with Gasteiger partial charge in [0.05, 0.1) is 11.6 Å². The van der Waals surface area contributed by atoms with Crippen LogP contribution in [0.5, 0.6) is 0 Å². The first-order valence-electron chi connectivity index (χ1n) is 8.64. The summed E-state index contributed by atoms with van der Waals surface area (Å²) in [6.45, 7) is 6.77. The van der Waals surface area contributed by atoms with E-state index in [9.17, 15) is 13.2 Å². The summed E-state index contributed by atoms with van der Waals surface area (Å²) in [4.78, 5) is 13.9. The van der Waals surface area contributed by atoms with Crippen LogP contribution in [0, 0.1) is 5.92 Å². The number of hydrogen-bond donors (Lipinski definition) is 1. The second-order valence-corrected chi connectivity index (χ2v) is 9.54. The lowest BCUT2D eigenvalue weighted by Gasteiger charge is -2.33. The maximum atomic E-state index is 12.8. The Morgan fingerprint density at radius 3 is 2.46 bits per heavy atom. The Bertz CT molecular complexity index is 733. The predicted octanol–water partition coefficient (Wildman–Crippen LogP) is 2.46. The first kappa shape index (κ1) is 21.4. The number of amides is 1. The summed E-state index contributed by atoms with van der Waals surface area (Å²) in [7, 11) is -3.70. The smallest absolute Gasteiger partial charge is 0.244 e. The Morgan fingerprint density at radius 1 is 1.19 bits per heavy atom. The first-order chi connectivity index (χ1) is 12.2. The topological polar surface area (TPSA) is 69.7 Å². The van der Waals surface area contributed by atoms with Crippen molar-refractivity contribution in [3.05, 3.63) is 28.2 Å². The molecule has 1 amide bonds. The summed E-state index contributed by atoms with van der Waals surface area (Å²) >= 11 is 11.9. The average molecular weight is 422 g/mol. The molecule has 0 aromatic heterocycles. The van der Waals surface area contributed by atoms with Crippen LogP contribution in [0.25, 0.3) is 0 Å². The zero-order valence-electron chi connectivity index (χ0n) is 15.0. The molecule has 1 saturated heterocycles. The van der Waals surface area contributed by atoms with Crippen LogP contribution in [-0.2, 0) is 14.8 Å². The number of rotatable bonds is 7. The van der Waals surface area contributed by atoms with Crippen molar-refractivity contribution in [3.63, 3.8) is 0 Å². The van der Waals surface area contributed by atoms with Crippen molar-refractivity contribution in [2.45, 2.75) is 25.2 Å². The highest BCUT2D eigenvalue weighted by atomic mass is 35.5. The number of benzene rings is 1. The average Bonchev–Trinajstić information content (AvgIpc) is 2.57. The monoisotopic (exact) mass is 421 g/mol. The Kier molecular flexibility index (Phi) is 7.73. The second-order valence-electron chi connectivity index (χ2n) is 6.79. The molecule has 1 aliphatic heterocycles. The minimum atomic E-state index is -3.70. The van der Waals surface area contributed by atoms with Crippen LogP contribution in [0.4, 0.5) is 0 Å². The van der Waals surface area contributed by atoms with Crippen molar-refractivity contribution >= 4 is 39.1 Å². The molecule has 1 fully saturated rings. The number of sulfonamides is 1. The molecule has 0 bridgehead atoms. The third-order valence-corrected chi connectivity index (χ3v) is 6.87. The Hall–Kier alpha value is -0.860. The number of nitrogens with zero attached hydrogens (tertiary/aromatic N) is 2. The van der Waals surface area contributed by atoms with Crippen molar-refractivity contribution in [1.29, 1.82) is 0 Å². The van der Waals surface area contributed by atoms with E-state index in [2.05, 4.69) is 19.2 Å². The lowest BCUT2D eigenvalue weighted by atomic mass is 10.1. The highest BCUT2D eigenvalue weighted by molar-refractivity contribution is 7.89. The zero-order valence-corrected chi connectivity index (χ0v) is 17.4. The predicted molar refractivity (Wildman–Crippen MR) is 104 cm³/mol. The molecular formula is C17H25Cl2N3O3S. The molecule has 0 aliphatic carbocycles. The number of carbonyl (C=O) groups excluding carboxylic acids is 1. The van der Waals surface area contributed by atoms with Crippen LogP contribution < -0.4 is 5.32 Å². The second kappa shape index (κ2) is 9.37. The van der Waals surface area contributed by atoms with Gasteiger partial charge in [0, 0.05) is 37.7 Å². The Morgan fingerprint density at radius 2 is 1.85 bits per heavy atom. The summed E-state index contributed by atoms with van der Waals surface area (Å²) in [6.07, 6.45) is 0.943. The summed E-state index contributed by atoms with van der Waals surface area (Å²) < 4.78 is 26.9. The van der Waals surface area contributed by atoms with Gasteiger partial charge in [-0.3, -0.25) is 9.69 Å². The molecule has 146 valence electrons. The lowest BCUT2D eigenvalue weighted by Crippen LogP contribution is -2.51. The molecular weight excluding hydrogens is 397 g/mol. The zero-order chi connectivity index (χ0) is 19.3. The van der Waals surface area contributed by atoms with E-state index in [4.69, 9.17) is 23.2 Å². The van der Waals surface area contributed by atoms with Crippen LogP contribution >= 0.6 is 23.2 Å². The summed E-state index contributed by atoms with van der Waals surface area (Å²) in [6, 6.07) is 4.40. The van der Waals surface area contributed by atoms with Crippen molar-refractivity contribution in [2.24, 2.45) is 5.92 Å². The Balaban J connectivity index is 1.89. The molecule has 0 spiro atoms. The third-order valence-electron chi connectivity index (χ3n) is 4.25. The lowest BCUT2D eigenvalue weighted by molar-refractivity contribution is -0.122. The van der Waals surface area contributed by atoms with Crippen molar-refractivity contribution in [1.82, 2.24) is 14.5 Å². The van der Waals surface area contributed by atoms with Gasteiger partial charge in [-0.2, -0.15) is 4.31 Å². The molecule has 9 heteroatoms. The van der Waals surface area contributed by atoms with Gasteiger partial charge in [-0.05, 0) is 30.5 Å². The molecule has 0 unspecified atom stereocenters. The van der Waals surface area contributed by atoms with Crippen LogP contribution in [-0.4, -0.2) is 62.8 Å². The number of hydrogen-bond acceptors (Lipinski definition) is 4. The van der Waals surface area contributed by atoms with E-state index in [-0.39, 0.29) is 22.4 Å². The van der Waals surface area contributed by atoms with E-state index >= 15 is 0 Å². The maximum absolute atomic E-state index is 12.8. The molecule has 26 heavy (non-hydrogen) atoms. The minimum absolute atomic E-state index is 0.0199. The van der Waals surface area contributed by atoms with Gasteiger partial charge in [0.25, 0.3) is 0 Å². The van der Waals surface area contributed by atoms with Crippen LogP contribution in [0.3, 0.4) is 0 Å². The standard InChI is InChI=1S/C17H25Cl2N3O3S/c1-13(2)5-6-20-17(23)12-21-7-9-22(10-8-21)26(24,25)16-11-14(18)3-4-15(16)19/h3-4,11,13H,5-10,12H2,1-2H3,(H,20,23). The summed E-state index contributed by atoms with van der Waals surface area (Å²) in [5.74, 6) is 0.516. The summed E-state index contributed by atoms with van der Waals surface area (Å²) in [5.41, 5.74) is 0. The van der Waals surface area contributed by atoms with Crippen LogP contribution in [0.2, 0.25) is 10.0 Å². The molecule has 0 atom stereocenters. The fourth-order valence-corrected chi connectivity index (χ4v) is 4.86. The third kappa shape index (κ3) is 5.82. The summed E-state index contributed by atoms with van der Waals surface area (Å²) in [5, 5.41) is 3.38. The highest BCUT2D eigenvalue weighted by Crippen LogP contribution is 2.28. The molecule has 0 saturated carbocycles. The van der Waals surface area contributed by atoms with Gasteiger partial charge in [0.15, 0.2) is 0 Å². The van der Waals surface area contributed by atoms with Gasteiger partial charge < -0.3 is 5.32 Å². The fourth-order valence-electron chi connectivity index (χ4n) is 2.70. The van der Waals surface area contributed by atoms with Crippen LogP contribution in [0.15, 0.2) is 23.1 Å². The quantitative estimate of drug-likeness (QED) is 0.733. The van der Waals surface area contributed by atoms with Gasteiger partial charge in [-0.15, -0.1) is 0 Å². The number of piperazine rings is 1. The van der Waals surface area contributed by atoms with Gasteiger partial charge in [0.1, 0.15) is 4.90 Å². The molecule has 1 N–H and O–H groups in total. The highest BCUT2D eigenvalue weighted by Gasteiger charge is 2.30. The Labute approximate surface area is 165 Å². The van der Waals surface area contributed by atoms with E-state index in [0.29, 0.717) is 43.7 Å². The molecule has 6 nitrogen and oxygen atoms in total. The van der Waals surface area contributed by atoms with Crippen molar-refractivity contribution in [3.8, 4) is 0 Å². The van der Waals surface area contributed by atoms with E-state index < -0.39 is 10.0 Å². The number of carbonyl (C=O) groups is 1. The van der Waals surface area contributed by atoms with Gasteiger partial charge in [-0.25, -0.2) is 8.42 Å². The van der Waals surface area contributed by atoms with Gasteiger partial charge in [-0.1, -0.05) is 37.0 Å². The fraction of sp³-hybridized carbons (Fsp3) is 0.588. The van der Waals surface area contributed by atoms with E-state index in [1.807, 2.05) is 4.90 Å². The SMILES string of the molecule is CC(C)CCNC(=O)CN1CCN(S(=O)(=O)c2cc(Cl)ccc2Cl)CC1. The minimum Gasteiger partial charge on any atom is -0.355 e.